The van der Waals surface area contributed by atoms with Gasteiger partial charge in [0.05, 0.1) is 12.0 Å². The molecule has 0 aliphatic carbocycles. The second-order valence-electron chi connectivity index (χ2n) is 11.6. The summed E-state index contributed by atoms with van der Waals surface area (Å²) in [5, 5.41) is 21.8. The fraction of sp³-hybridized carbons (Fsp3) is 0.188. The van der Waals surface area contributed by atoms with Crippen molar-refractivity contribution in [3.63, 3.8) is 0 Å². The summed E-state index contributed by atoms with van der Waals surface area (Å²) >= 11 is 10.8. The average Bonchev–Trinajstić information content (AvgIpc) is 3.78. The van der Waals surface area contributed by atoms with Gasteiger partial charge in [-0.2, -0.15) is 0 Å². The van der Waals surface area contributed by atoms with Crippen LogP contribution in [0.15, 0.2) is 96.6 Å². The van der Waals surface area contributed by atoms with Crippen molar-refractivity contribution in [3.8, 4) is 0 Å². The number of rotatable bonds is 5. The molecule has 6 aromatic rings. The summed E-state index contributed by atoms with van der Waals surface area (Å²) in [6, 6.07) is 17.4. The maximum absolute atomic E-state index is 11.7. The van der Waals surface area contributed by atoms with E-state index in [1.807, 2.05) is 42.9 Å². The van der Waals surface area contributed by atoms with Gasteiger partial charge in [0.1, 0.15) is 6.04 Å². The first kappa shape index (κ1) is 28.7. The number of halogens is 3. The monoisotopic (exact) mass is 791 g/mol. The predicted octanol–water partition coefficient (Wildman–Crippen LogP) is 5.92. The second-order valence-corrected chi connectivity index (χ2v) is 14.3. The SMILES string of the molecule is NC1=N[C@H](O)[C@@H](c2c[nH]c3cc(Br)ccc23)[C@H]([C@H](c2c[nH]c3cc(Br)ccc23)[C@@H]2NC(N)=N[C@H]2c2c[nH]c3cc(Br)ccc23)N1. The van der Waals surface area contributed by atoms with Gasteiger partial charge < -0.3 is 42.2 Å². The van der Waals surface area contributed by atoms with Gasteiger partial charge in [-0.1, -0.05) is 66.0 Å². The Kier molecular flexibility index (Phi) is 6.97. The van der Waals surface area contributed by atoms with Gasteiger partial charge in [0.2, 0.25) is 0 Å². The maximum atomic E-state index is 11.7. The molecule has 13 heteroatoms. The average molecular weight is 794 g/mol. The first-order valence-electron chi connectivity index (χ1n) is 14.4. The smallest absolute Gasteiger partial charge is 0.191 e. The molecule has 0 fully saturated rings. The molecule has 5 heterocycles. The number of nitrogens with one attached hydrogen (secondary N) is 5. The van der Waals surface area contributed by atoms with E-state index in [2.05, 4.69) is 109 Å². The number of aliphatic hydroxyl groups is 1. The molecule has 0 spiro atoms. The molecule has 45 heavy (non-hydrogen) atoms. The fourth-order valence-corrected chi connectivity index (χ4v) is 8.29. The third-order valence-corrected chi connectivity index (χ3v) is 10.5. The first-order chi connectivity index (χ1) is 21.7. The molecule has 0 radical (unpaired) electrons. The number of guanidine groups is 2. The predicted molar refractivity (Wildman–Crippen MR) is 189 cm³/mol. The molecule has 10 N–H and O–H groups in total. The third-order valence-electron chi connectivity index (χ3n) is 9.06. The topological polar surface area (TPSA) is 168 Å². The highest BCUT2D eigenvalue weighted by atomic mass is 79.9. The fourth-order valence-electron chi connectivity index (χ4n) is 7.21. The summed E-state index contributed by atoms with van der Waals surface area (Å²) in [5.41, 5.74) is 18.8. The minimum absolute atomic E-state index is 0.180. The van der Waals surface area contributed by atoms with Crippen molar-refractivity contribution in [1.82, 2.24) is 25.6 Å². The van der Waals surface area contributed by atoms with E-state index in [4.69, 9.17) is 16.5 Å². The van der Waals surface area contributed by atoms with Crippen molar-refractivity contribution in [2.75, 3.05) is 0 Å². The number of aromatic nitrogens is 3. The van der Waals surface area contributed by atoms with Gasteiger partial charge in [0.15, 0.2) is 18.1 Å². The van der Waals surface area contributed by atoms with E-state index in [1.54, 1.807) is 0 Å². The number of benzene rings is 3. The number of aliphatic hydroxyl groups excluding tert-OH is 1. The lowest BCUT2D eigenvalue weighted by Gasteiger charge is -2.42. The van der Waals surface area contributed by atoms with Crippen LogP contribution in [0.3, 0.4) is 0 Å². The maximum Gasteiger partial charge on any atom is 0.191 e. The Morgan fingerprint density at radius 3 is 1.82 bits per heavy atom. The quantitative estimate of drug-likeness (QED) is 0.108. The molecule has 0 bridgehead atoms. The largest absolute Gasteiger partial charge is 0.371 e. The van der Waals surface area contributed by atoms with Crippen LogP contribution in [-0.2, 0) is 0 Å². The highest BCUT2D eigenvalue weighted by Gasteiger charge is 2.48. The van der Waals surface area contributed by atoms with E-state index in [0.717, 1.165) is 62.8 Å². The normalized spacial score (nSPS) is 24.0. The number of fused-ring (bicyclic) bond motifs is 3. The van der Waals surface area contributed by atoms with Crippen molar-refractivity contribution < 1.29 is 5.11 Å². The van der Waals surface area contributed by atoms with Crippen molar-refractivity contribution in [3.05, 3.63) is 103 Å². The number of hydrogen-bond donors (Lipinski definition) is 8. The Morgan fingerprint density at radius 2 is 1.16 bits per heavy atom. The Labute approximate surface area is 282 Å². The van der Waals surface area contributed by atoms with Gasteiger partial charge in [-0.25, -0.2) is 9.98 Å². The molecule has 0 saturated heterocycles. The Morgan fingerprint density at radius 1 is 0.644 bits per heavy atom. The summed E-state index contributed by atoms with van der Waals surface area (Å²) in [6.07, 6.45) is 4.92. The zero-order chi connectivity index (χ0) is 31.0. The molecule has 3 aromatic carbocycles. The molecule has 10 nitrogen and oxygen atoms in total. The summed E-state index contributed by atoms with van der Waals surface area (Å²) < 4.78 is 2.92. The zero-order valence-corrected chi connectivity index (χ0v) is 28.3. The van der Waals surface area contributed by atoms with Crippen LogP contribution in [0.1, 0.15) is 34.6 Å². The molecule has 3 aromatic heterocycles. The van der Waals surface area contributed by atoms with Gasteiger partial charge in [-0.3, -0.25) is 0 Å². The van der Waals surface area contributed by atoms with Gasteiger partial charge in [-0.15, -0.1) is 0 Å². The van der Waals surface area contributed by atoms with Crippen LogP contribution in [-0.4, -0.2) is 50.3 Å². The summed E-state index contributed by atoms with van der Waals surface area (Å²) in [7, 11) is 0. The highest BCUT2D eigenvalue weighted by molar-refractivity contribution is 9.11. The molecule has 0 amide bonds. The van der Waals surface area contributed by atoms with Crippen LogP contribution in [0.25, 0.3) is 32.7 Å². The molecule has 6 atom stereocenters. The van der Waals surface area contributed by atoms with Crippen LogP contribution >= 0.6 is 47.8 Å². The van der Waals surface area contributed by atoms with Crippen LogP contribution in [0.4, 0.5) is 0 Å². The van der Waals surface area contributed by atoms with E-state index in [0.29, 0.717) is 5.96 Å². The number of aliphatic imine (C=N–C) groups is 2. The molecule has 228 valence electrons. The number of nitrogens with two attached hydrogens (primary N) is 2. The van der Waals surface area contributed by atoms with E-state index in [-0.39, 0.29) is 24.0 Å². The van der Waals surface area contributed by atoms with Crippen LogP contribution < -0.4 is 22.1 Å². The Balaban J connectivity index is 1.34. The number of hydrogen-bond acceptors (Lipinski definition) is 7. The van der Waals surface area contributed by atoms with Crippen LogP contribution in [0.2, 0.25) is 0 Å². The van der Waals surface area contributed by atoms with Gasteiger partial charge in [0.25, 0.3) is 0 Å². The molecule has 8 rings (SSSR count). The number of aromatic amines is 3. The lowest BCUT2D eigenvalue weighted by atomic mass is 9.73. The number of H-pyrrole nitrogens is 3. The molecule has 2 aliphatic rings. The lowest BCUT2D eigenvalue weighted by molar-refractivity contribution is 0.116. The summed E-state index contributed by atoms with van der Waals surface area (Å²) in [4.78, 5) is 19.7. The van der Waals surface area contributed by atoms with Gasteiger partial charge in [-0.05, 0) is 47.5 Å². The lowest BCUT2D eigenvalue weighted by Crippen LogP contribution is -2.57. The van der Waals surface area contributed by atoms with Crippen LogP contribution in [0, 0.1) is 0 Å². The number of nitrogens with zero attached hydrogens (tertiary/aromatic N) is 2. The molecular weight excluding hydrogens is 766 g/mol. The van der Waals surface area contributed by atoms with Gasteiger partial charge >= 0.3 is 0 Å². The van der Waals surface area contributed by atoms with E-state index in [1.165, 1.54) is 0 Å². The minimum atomic E-state index is -1.09. The van der Waals surface area contributed by atoms with E-state index in [9.17, 15) is 5.11 Å². The Bertz CT molecular complexity index is 2170. The van der Waals surface area contributed by atoms with Crippen LogP contribution in [0.5, 0.6) is 0 Å². The summed E-state index contributed by atoms with van der Waals surface area (Å²) in [5.74, 6) is -0.236. The van der Waals surface area contributed by atoms with Gasteiger partial charge in [0, 0.05) is 82.2 Å². The molecule has 0 saturated carbocycles. The molecular formula is C32H28Br3N9O. The first-order valence-corrected chi connectivity index (χ1v) is 16.8. The molecule has 2 aliphatic heterocycles. The van der Waals surface area contributed by atoms with Crippen molar-refractivity contribution >= 4 is 92.4 Å². The third kappa shape index (κ3) is 4.84. The highest BCUT2D eigenvalue weighted by Crippen LogP contribution is 2.46. The summed E-state index contributed by atoms with van der Waals surface area (Å²) in [6.45, 7) is 0. The van der Waals surface area contributed by atoms with Crippen molar-refractivity contribution in [2.45, 2.75) is 36.2 Å². The van der Waals surface area contributed by atoms with Crippen molar-refractivity contribution in [2.24, 2.45) is 21.5 Å². The van der Waals surface area contributed by atoms with Crippen molar-refractivity contribution in [1.29, 1.82) is 0 Å². The second kappa shape index (κ2) is 10.9. The standard InChI is InChI=1S/C32H28Br3N9O/c33-13-1-4-16-19(10-38-22(16)7-13)25(29-27(41-31(36)43-29)21-12-40-24-9-15(35)3-6-18(21)24)28-26(30(45)44-32(37)42-28)20-11-39-23-8-14(34)2-5-17(20)23/h1-12,25-30,38-40,45H,(H3,36,41,43)(H3,37,42,44)/t25-,26-,27-,28-,29-,30+/m0/s1. The zero-order valence-electron chi connectivity index (χ0n) is 23.5. The minimum Gasteiger partial charge on any atom is -0.371 e. The van der Waals surface area contributed by atoms with E-state index < -0.39 is 18.2 Å². The molecule has 0 unspecified atom stereocenters. The Hall–Kier alpha value is -3.78. The van der Waals surface area contributed by atoms with E-state index >= 15 is 0 Å².